The van der Waals surface area contributed by atoms with E-state index in [4.69, 9.17) is 9.47 Å². The Balaban J connectivity index is 0.00000100. The van der Waals surface area contributed by atoms with E-state index in [2.05, 4.69) is 0 Å². The van der Waals surface area contributed by atoms with Gasteiger partial charge in [-0.25, -0.2) is 0 Å². The molecule has 4 bridgehead atoms. The van der Waals surface area contributed by atoms with Crippen molar-refractivity contribution < 1.29 is 19.1 Å². The fourth-order valence-electron chi connectivity index (χ4n) is 4.49. The van der Waals surface area contributed by atoms with Crippen LogP contribution in [0.5, 0.6) is 0 Å². The van der Waals surface area contributed by atoms with Crippen LogP contribution in [-0.4, -0.2) is 24.1 Å². The van der Waals surface area contributed by atoms with Crippen LogP contribution in [0.2, 0.25) is 0 Å². The van der Waals surface area contributed by atoms with Crippen LogP contribution in [0.1, 0.15) is 73.6 Å². The zero-order chi connectivity index (χ0) is 18.1. The maximum absolute atomic E-state index is 12.4. The van der Waals surface area contributed by atoms with E-state index in [0.717, 1.165) is 25.7 Å². The molecule has 4 fully saturated rings. The van der Waals surface area contributed by atoms with Crippen molar-refractivity contribution in [1.29, 1.82) is 0 Å². The first-order valence-electron chi connectivity index (χ1n) is 9.72. The molecule has 6 atom stereocenters. The molecule has 4 heteroatoms. The van der Waals surface area contributed by atoms with Gasteiger partial charge in [0.1, 0.15) is 5.78 Å². The van der Waals surface area contributed by atoms with E-state index in [1.165, 1.54) is 6.42 Å². The third-order valence-corrected chi connectivity index (χ3v) is 6.12. The highest BCUT2D eigenvalue weighted by molar-refractivity contribution is 5.86. The molecule has 4 rings (SSSR count). The molecule has 138 valence electrons. The Bertz CT molecular complexity index is 470. The molecule has 4 saturated carbocycles. The number of ether oxygens (including phenoxy) is 2. The normalized spacial score (nSPS) is 35.2. The highest BCUT2D eigenvalue weighted by atomic mass is 16.7. The van der Waals surface area contributed by atoms with E-state index in [1.807, 2.05) is 34.6 Å². The van der Waals surface area contributed by atoms with E-state index < -0.39 is 11.7 Å². The maximum atomic E-state index is 12.4. The largest absolute Gasteiger partial charge is 0.436 e. The molecule has 0 N–H and O–H groups in total. The molecular formula is C20H34O4. The molecule has 0 amide bonds. The minimum atomic E-state index is -0.575. The molecule has 4 aliphatic rings. The number of hydrogen-bond donors (Lipinski definition) is 0. The lowest BCUT2D eigenvalue weighted by Crippen LogP contribution is -2.55. The first-order valence-corrected chi connectivity index (χ1v) is 9.72. The lowest BCUT2D eigenvalue weighted by Gasteiger charge is -2.53. The molecular weight excluding hydrogens is 304 g/mol. The van der Waals surface area contributed by atoms with Gasteiger partial charge in [-0.15, -0.1) is 0 Å². The lowest BCUT2D eigenvalue weighted by molar-refractivity contribution is -0.221. The van der Waals surface area contributed by atoms with E-state index in [1.54, 1.807) is 6.92 Å². The highest BCUT2D eigenvalue weighted by Crippen LogP contribution is 2.53. The van der Waals surface area contributed by atoms with Crippen LogP contribution >= 0.6 is 0 Å². The van der Waals surface area contributed by atoms with Gasteiger partial charge in [-0.3, -0.25) is 9.59 Å². The predicted octanol–water partition coefficient (Wildman–Crippen LogP) is 4.36. The standard InChI is InChI=1S/C18H28O4.C2H6/c1-5-18(3,4)17(20)22-10(2)21-16-13-7-11-6-12(9-13)15(19)14(16)8-11;1-2/h10-14,16H,5-9H2,1-4H3;1-2H3. The average Bonchev–Trinajstić information content (AvgIpc) is 2.56. The highest BCUT2D eigenvalue weighted by Gasteiger charge is 2.54. The van der Waals surface area contributed by atoms with Crippen LogP contribution < -0.4 is 0 Å². The summed E-state index contributed by atoms with van der Waals surface area (Å²) in [4.78, 5) is 24.6. The van der Waals surface area contributed by atoms with Crippen molar-refractivity contribution in [2.75, 3.05) is 0 Å². The second kappa shape index (κ2) is 7.55. The minimum absolute atomic E-state index is 0.0385. The smallest absolute Gasteiger partial charge is 0.313 e. The van der Waals surface area contributed by atoms with Crippen molar-refractivity contribution >= 4 is 11.8 Å². The van der Waals surface area contributed by atoms with Gasteiger partial charge >= 0.3 is 5.97 Å². The van der Waals surface area contributed by atoms with Gasteiger partial charge in [-0.05, 0) is 64.7 Å². The number of hydrogen-bond acceptors (Lipinski definition) is 4. The number of ketones is 1. The van der Waals surface area contributed by atoms with Gasteiger partial charge < -0.3 is 9.47 Å². The van der Waals surface area contributed by atoms with Gasteiger partial charge in [-0.1, -0.05) is 20.8 Å². The van der Waals surface area contributed by atoms with Crippen LogP contribution in [0.15, 0.2) is 0 Å². The fraction of sp³-hybridized carbons (Fsp3) is 0.900. The lowest BCUT2D eigenvalue weighted by atomic mass is 9.54. The fourth-order valence-corrected chi connectivity index (χ4v) is 4.49. The number of Topliss-reactive ketones (excluding diaryl/α,β-unsaturated/α-hetero) is 1. The molecule has 4 aliphatic carbocycles. The van der Waals surface area contributed by atoms with Gasteiger partial charge in [-0.2, -0.15) is 0 Å². The van der Waals surface area contributed by atoms with Crippen LogP contribution in [0, 0.1) is 29.1 Å². The predicted molar refractivity (Wildman–Crippen MR) is 93.3 cm³/mol. The third-order valence-electron chi connectivity index (χ3n) is 6.12. The van der Waals surface area contributed by atoms with Crippen molar-refractivity contribution in [3.63, 3.8) is 0 Å². The van der Waals surface area contributed by atoms with Crippen molar-refractivity contribution in [2.24, 2.45) is 29.1 Å². The number of carbonyl (C=O) groups is 2. The van der Waals surface area contributed by atoms with E-state index in [0.29, 0.717) is 17.6 Å². The Kier molecular flexibility index (Phi) is 6.11. The summed E-state index contributed by atoms with van der Waals surface area (Å²) in [5, 5.41) is 0. The Morgan fingerprint density at radius 3 is 2.50 bits per heavy atom. The monoisotopic (exact) mass is 338 g/mol. The molecule has 24 heavy (non-hydrogen) atoms. The Hall–Kier alpha value is -0.900. The third kappa shape index (κ3) is 3.68. The zero-order valence-electron chi connectivity index (χ0n) is 16.1. The second-order valence-corrected chi connectivity index (χ2v) is 8.09. The molecule has 0 aliphatic heterocycles. The van der Waals surface area contributed by atoms with Gasteiger partial charge in [0, 0.05) is 11.8 Å². The molecule has 0 aromatic heterocycles. The molecule has 0 radical (unpaired) electrons. The topological polar surface area (TPSA) is 52.6 Å². The van der Waals surface area contributed by atoms with Crippen LogP contribution in [-0.2, 0) is 19.1 Å². The zero-order valence-corrected chi connectivity index (χ0v) is 16.1. The first kappa shape index (κ1) is 19.4. The first-order chi connectivity index (χ1) is 11.3. The van der Waals surface area contributed by atoms with Gasteiger partial charge in [0.2, 0.25) is 0 Å². The van der Waals surface area contributed by atoms with Crippen molar-refractivity contribution in [3.8, 4) is 0 Å². The summed E-state index contributed by atoms with van der Waals surface area (Å²) in [6.45, 7) is 11.5. The summed E-state index contributed by atoms with van der Waals surface area (Å²) in [6, 6.07) is 0. The van der Waals surface area contributed by atoms with Crippen LogP contribution in [0.3, 0.4) is 0 Å². The quantitative estimate of drug-likeness (QED) is 0.552. The van der Waals surface area contributed by atoms with Crippen LogP contribution in [0.25, 0.3) is 0 Å². The Morgan fingerprint density at radius 1 is 1.21 bits per heavy atom. The molecule has 0 saturated heterocycles. The molecule has 0 aromatic carbocycles. The molecule has 6 unspecified atom stereocenters. The number of carbonyl (C=O) groups excluding carboxylic acids is 2. The summed E-state index contributed by atoms with van der Waals surface area (Å²) < 4.78 is 11.5. The van der Waals surface area contributed by atoms with E-state index >= 15 is 0 Å². The molecule has 0 heterocycles. The van der Waals surface area contributed by atoms with Gasteiger partial charge in [0.05, 0.1) is 11.5 Å². The van der Waals surface area contributed by atoms with Crippen molar-refractivity contribution in [1.82, 2.24) is 0 Å². The van der Waals surface area contributed by atoms with Gasteiger partial charge in [0.15, 0.2) is 6.29 Å². The maximum Gasteiger partial charge on any atom is 0.313 e. The second-order valence-electron chi connectivity index (χ2n) is 8.09. The minimum Gasteiger partial charge on any atom is -0.436 e. The Labute approximate surface area is 146 Å². The number of rotatable bonds is 5. The van der Waals surface area contributed by atoms with E-state index in [-0.39, 0.29) is 23.9 Å². The Morgan fingerprint density at radius 2 is 1.88 bits per heavy atom. The van der Waals surface area contributed by atoms with Gasteiger partial charge in [0.25, 0.3) is 0 Å². The summed E-state index contributed by atoms with van der Waals surface area (Å²) in [6.07, 6.45) is 4.31. The molecule has 0 spiro atoms. The molecule has 0 aromatic rings. The van der Waals surface area contributed by atoms with Crippen molar-refractivity contribution in [3.05, 3.63) is 0 Å². The van der Waals surface area contributed by atoms with Crippen molar-refractivity contribution in [2.45, 2.75) is 86.0 Å². The summed E-state index contributed by atoms with van der Waals surface area (Å²) in [5.74, 6) is 1.67. The summed E-state index contributed by atoms with van der Waals surface area (Å²) >= 11 is 0. The molecule has 4 nitrogen and oxygen atoms in total. The SMILES string of the molecule is CC.CCC(C)(C)C(=O)OC(C)OC1C2CC3CC(C2)C(=O)C1C3. The summed E-state index contributed by atoms with van der Waals surface area (Å²) in [5.41, 5.74) is -0.489. The van der Waals surface area contributed by atoms with Crippen LogP contribution in [0.4, 0.5) is 0 Å². The average molecular weight is 338 g/mol. The van der Waals surface area contributed by atoms with E-state index in [9.17, 15) is 9.59 Å². The number of esters is 1. The summed E-state index contributed by atoms with van der Waals surface area (Å²) in [7, 11) is 0.